The molecule has 3 rings (SSSR count). The van der Waals surface area contributed by atoms with Crippen molar-refractivity contribution < 1.29 is 13.9 Å². The number of ether oxygens (including phenoxy) is 1. The van der Waals surface area contributed by atoms with Gasteiger partial charge >= 0.3 is 5.97 Å². The second kappa shape index (κ2) is 7.69. The largest absolute Gasteiger partial charge is 0.465 e. The molecule has 1 aliphatic carbocycles. The van der Waals surface area contributed by atoms with Gasteiger partial charge in [0.1, 0.15) is 10.8 Å². The molecule has 9 heteroatoms. The van der Waals surface area contributed by atoms with Crippen molar-refractivity contribution in [3.63, 3.8) is 0 Å². The number of hydrogen-bond donors (Lipinski definition) is 2. The average molecular weight is 508 g/mol. The molecule has 0 bridgehead atoms. The Morgan fingerprint density at radius 1 is 1.32 bits per heavy atom. The molecule has 0 aliphatic heterocycles. The standard InChI is InChI=1S/C16H13Br2FN2O2S2/c1-23-15(22)12-8-3-2-4-11(8)25-14(12)21-16(24)20-13-9(18)5-7(17)6-10(13)19/h5-6H,2-4H2,1H3,(H2,20,21,24). The minimum Gasteiger partial charge on any atom is -0.465 e. The zero-order chi connectivity index (χ0) is 18.1. The zero-order valence-corrected chi connectivity index (χ0v) is 17.8. The van der Waals surface area contributed by atoms with Crippen molar-refractivity contribution in [2.45, 2.75) is 19.3 Å². The lowest BCUT2D eigenvalue weighted by Crippen LogP contribution is -2.21. The van der Waals surface area contributed by atoms with Gasteiger partial charge in [0.05, 0.1) is 18.4 Å². The van der Waals surface area contributed by atoms with Crippen LogP contribution in [0.3, 0.4) is 0 Å². The Morgan fingerprint density at radius 2 is 2.08 bits per heavy atom. The molecule has 0 radical (unpaired) electrons. The molecule has 0 fully saturated rings. The molecule has 0 unspecified atom stereocenters. The number of anilines is 2. The second-order valence-electron chi connectivity index (χ2n) is 5.38. The van der Waals surface area contributed by atoms with E-state index in [1.807, 2.05) is 0 Å². The molecule has 0 atom stereocenters. The highest BCUT2D eigenvalue weighted by Gasteiger charge is 2.27. The normalized spacial score (nSPS) is 12.6. The van der Waals surface area contributed by atoms with Gasteiger partial charge in [-0.1, -0.05) is 15.9 Å². The predicted octanol–water partition coefficient (Wildman–Crippen LogP) is 5.50. The summed E-state index contributed by atoms with van der Waals surface area (Å²) in [5.41, 5.74) is 1.78. The lowest BCUT2D eigenvalue weighted by Gasteiger charge is -2.13. The Bertz CT molecular complexity index is 847. The molecule has 0 amide bonds. The number of methoxy groups -OCH3 is 1. The molecular formula is C16H13Br2FN2O2S2. The van der Waals surface area contributed by atoms with Crippen LogP contribution in [0.5, 0.6) is 0 Å². The SMILES string of the molecule is COC(=O)c1c(NC(=S)Nc2c(F)cc(Br)cc2Br)sc2c1CCC2. The first kappa shape index (κ1) is 18.8. The molecule has 132 valence electrons. The van der Waals surface area contributed by atoms with E-state index < -0.39 is 5.82 Å². The Hall–Kier alpha value is -1.03. The van der Waals surface area contributed by atoms with Crippen LogP contribution in [0.4, 0.5) is 15.1 Å². The molecule has 0 saturated heterocycles. The fraction of sp³-hybridized carbons (Fsp3) is 0.250. The van der Waals surface area contributed by atoms with Crippen LogP contribution in [0.1, 0.15) is 27.2 Å². The topological polar surface area (TPSA) is 50.4 Å². The summed E-state index contributed by atoms with van der Waals surface area (Å²) in [6.45, 7) is 0. The van der Waals surface area contributed by atoms with Gasteiger partial charge in [-0.2, -0.15) is 0 Å². The number of benzene rings is 1. The predicted molar refractivity (Wildman–Crippen MR) is 109 cm³/mol. The van der Waals surface area contributed by atoms with Crippen molar-refractivity contribution in [2.75, 3.05) is 17.7 Å². The minimum absolute atomic E-state index is 0.201. The van der Waals surface area contributed by atoms with Gasteiger partial charge in [0.25, 0.3) is 0 Å². The summed E-state index contributed by atoms with van der Waals surface area (Å²) in [5, 5.41) is 6.68. The van der Waals surface area contributed by atoms with E-state index in [-0.39, 0.29) is 16.8 Å². The lowest BCUT2D eigenvalue weighted by molar-refractivity contribution is 0.0601. The van der Waals surface area contributed by atoms with E-state index in [0.29, 0.717) is 19.5 Å². The highest BCUT2D eigenvalue weighted by Crippen LogP contribution is 2.39. The minimum atomic E-state index is -0.452. The van der Waals surface area contributed by atoms with Crippen molar-refractivity contribution in [2.24, 2.45) is 0 Å². The number of thiophene rings is 1. The lowest BCUT2D eigenvalue weighted by atomic mass is 10.1. The highest BCUT2D eigenvalue weighted by molar-refractivity contribution is 9.11. The number of carbonyl (C=O) groups excluding carboxylic acids is 1. The van der Waals surface area contributed by atoms with Gasteiger partial charge in [0.15, 0.2) is 5.11 Å². The molecule has 2 aromatic rings. The van der Waals surface area contributed by atoms with Crippen LogP contribution in [0.15, 0.2) is 21.1 Å². The maximum Gasteiger partial charge on any atom is 0.341 e. The van der Waals surface area contributed by atoms with Crippen LogP contribution >= 0.6 is 55.4 Å². The molecule has 25 heavy (non-hydrogen) atoms. The summed E-state index contributed by atoms with van der Waals surface area (Å²) in [7, 11) is 1.36. The number of thiocarbonyl (C=S) groups is 1. The van der Waals surface area contributed by atoms with Crippen molar-refractivity contribution in [1.29, 1.82) is 0 Å². The molecule has 0 spiro atoms. The molecule has 1 aromatic carbocycles. The van der Waals surface area contributed by atoms with Gasteiger partial charge in [-0.25, -0.2) is 9.18 Å². The molecule has 1 aromatic heterocycles. The smallest absolute Gasteiger partial charge is 0.341 e. The van der Waals surface area contributed by atoms with Crippen LogP contribution in [0, 0.1) is 5.82 Å². The van der Waals surface area contributed by atoms with E-state index in [1.165, 1.54) is 29.4 Å². The average Bonchev–Trinajstić information content (AvgIpc) is 3.10. The van der Waals surface area contributed by atoms with Gasteiger partial charge < -0.3 is 15.4 Å². The van der Waals surface area contributed by atoms with Crippen LogP contribution in [-0.4, -0.2) is 18.2 Å². The summed E-state index contributed by atoms with van der Waals surface area (Å²) < 4.78 is 20.2. The highest BCUT2D eigenvalue weighted by atomic mass is 79.9. The number of hydrogen-bond acceptors (Lipinski definition) is 4. The molecule has 1 heterocycles. The summed E-state index contributed by atoms with van der Waals surface area (Å²) >= 11 is 13.3. The van der Waals surface area contributed by atoms with Gasteiger partial charge in [0, 0.05) is 13.8 Å². The van der Waals surface area contributed by atoms with Crippen molar-refractivity contribution in [1.82, 2.24) is 0 Å². The fourth-order valence-corrected chi connectivity index (χ4v) is 5.54. The first-order chi connectivity index (χ1) is 11.9. The maximum absolute atomic E-state index is 14.1. The number of carbonyl (C=O) groups is 1. The van der Waals surface area contributed by atoms with E-state index in [2.05, 4.69) is 42.5 Å². The third-order valence-corrected chi connectivity index (χ3v) is 6.28. The number of esters is 1. The monoisotopic (exact) mass is 506 g/mol. The van der Waals surface area contributed by atoms with Gasteiger partial charge in [-0.15, -0.1) is 11.3 Å². The molecule has 2 N–H and O–H groups in total. The summed E-state index contributed by atoms with van der Waals surface area (Å²) in [5.74, 6) is -0.840. The molecule has 4 nitrogen and oxygen atoms in total. The Balaban J connectivity index is 1.84. The van der Waals surface area contributed by atoms with E-state index in [4.69, 9.17) is 17.0 Å². The quantitative estimate of drug-likeness (QED) is 0.424. The Kier molecular flexibility index (Phi) is 5.77. The van der Waals surface area contributed by atoms with Crippen molar-refractivity contribution in [3.8, 4) is 0 Å². The summed E-state index contributed by atoms with van der Waals surface area (Å²) in [6.07, 6.45) is 2.83. The number of halogens is 3. The van der Waals surface area contributed by atoms with Crippen LogP contribution in [0.25, 0.3) is 0 Å². The second-order valence-corrected chi connectivity index (χ2v) is 8.66. The zero-order valence-electron chi connectivity index (χ0n) is 13.0. The maximum atomic E-state index is 14.1. The van der Waals surface area contributed by atoms with Crippen molar-refractivity contribution >= 4 is 77.2 Å². The van der Waals surface area contributed by atoms with E-state index in [0.717, 1.165) is 24.8 Å². The number of aryl methyl sites for hydroxylation is 1. The third-order valence-electron chi connectivity index (χ3n) is 3.78. The van der Waals surface area contributed by atoms with Gasteiger partial charge in [-0.05, 0) is 65.1 Å². The third kappa shape index (κ3) is 3.89. The number of rotatable bonds is 3. The first-order valence-corrected chi connectivity index (χ1v) is 10.2. The van der Waals surface area contributed by atoms with Crippen LogP contribution in [-0.2, 0) is 17.6 Å². The Labute approximate surface area is 170 Å². The summed E-state index contributed by atoms with van der Waals surface area (Å²) in [4.78, 5) is 13.3. The van der Waals surface area contributed by atoms with E-state index in [1.54, 1.807) is 6.07 Å². The number of fused-ring (bicyclic) bond motifs is 1. The van der Waals surface area contributed by atoms with Crippen molar-refractivity contribution in [3.05, 3.63) is 42.9 Å². The molecule has 0 saturated carbocycles. The summed E-state index contributed by atoms with van der Waals surface area (Å²) in [6, 6.07) is 3.06. The van der Waals surface area contributed by atoms with E-state index in [9.17, 15) is 9.18 Å². The van der Waals surface area contributed by atoms with Gasteiger partial charge in [0.2, 0.25) is 0 Å². The fourth-order valence-electron chi connectivity index (χ4n) is 2.72. The molecular weight excluding hydrogens is 495 g/mol. The first-order valence-electron chi connectivity index (χ1n) is 7.36. The van der Waals surface area contributed by atoms with Crippen LogP contribution < -0.4 is 10.6 Å². The number of nitrogens with one attached hydrogen (secondary N) is 2. The van der Waals surface area contributed by atoms with Crippen LogP contribution in [0.2, 0.25) is 0 Å². The molecule has 1 aliphatic rings. The van der Waals surface area contributed by atoms with Gasteiger partial charge in [-0.3, -0.25) is 0 Å². The van der Waals surface area contributed by atoms with E-state index >= 15 is 0 Å². The Morgan fingerprint density at radius 3 is 2.76 bits per heavy atom.